The highest BCUT2D eigenvalue weighted by atomic mass is 16.4. The normalized spacial score (nSPS) is 12.3. The molecular formula is C15H23N3O2. The molecule has 1 aromatic rings. The van der Waals surface area contributed by atoms with Crippen LogP contribution in [0.15, 0.2) is 29.4 Å². The predicted molar refractivity (Wildman–Crippen MR) is 81.0 cm³/mol. The molecule has 0 aromatic heterocycles. The molecule has 110 valence electrons. The van der Waals surface area contributed by atoms with E-state index < -0.39 is 5.41 Å². The average molecular weight is 277 g/mol. The Kier molecular flexibility index (Phi) is 5.13. The number of benzene rings is 1. The Bertz CT molecular complexity index is 508. The second-order valence-electron chi connectivity index (χ2n) is 4.93. The molecule has 0 unspecified atom stereocenters. The molecule has 0 bridgehead atoms. The van der Waals surface area contributed by atoms with Crippen molar-refractivity contribution in [3.8, 4) is 0 Å². The van der Waals surface area contributed by atoms with Crippen LogP contribution >= 0.6 is 0 Å². The molecule has 3 N–H and O–H groups in total. The van der Waals surface area contributed by atoms with Crippen molar-refractivity contribution in [2.24, 2.45) is 16.3 Å². The van der Waals surface area contributed by atoms with Crippen molar-refractivity contribution in [1.29, 1.82) is 0 Å². The van der Waals surface area contributed by atoms with Crippen LogP contribution in [0.1, 0.15) is 32.3 Å². The number of nitrogens with two attached hydrogens (primary N) is 1. The molecule has 0 radical (unpaired) electrons. The van der Waals surface area contributed by atoms with Crippen molar-refractivity contribution >= 4 is 17.4 Å². The summed E-state index contributed by atoms with van der Waals surface area (Å²) in [6, 6.07) is 7.64. The monoisotopic (exact) mass is 277 g/mol. The summed E-state index contributed by atoms with van der Waals surface area (Å²) in [5.74, 6) is -0.194. The van der Waals surface area contributed by atoms with Gasteiger partial charge >= 0.3 is 0 Å². The highest BCUT2D eigenvalue weighted by Crippen LogP contribution is 2.32. The summed E-state index contributed by atoms with van der Waals surface area (Å²) in [7, 11) is 1.72. The molecule has 0 aliphatic rings. The van der Waals surface area contributed by atoms with Gasteiger partial charge in [-0.05, 0) is 31.4 Å². The maximum Gasteiger partial charge on any atom is 0.240 e. The van der Waals surface area contributed by atoms with Gasteiger partial charge in [-0.2, -0.15) is 0 Å². The standard InChI is InChI=1S/C15H23N3O2/c1-5-15(6-2,13(16)17-20)14(19)18(4)12-10-8-7-9-11(12)3/h7-10,20H,5-6H2,1-4H3,(H2,16,17). The number of carbonyl (C=O) groups is 1. The fourth-order valence-corrected chi connectivity index (χ4v) is 2.49. The summed E-state index contributed by atoms with van der Waals surface area (Å²) in [4.78, 5) is 14.4. The van der Waals surface area contributed by atoms with Gasteiger partial charge in [0.2, 0.25) is 5.91 Å². The van der Waals surface area contributed by atoms with E-state index in [1.165, 1.54) is 0 Å². The Morgan fingerprint density at radius 3 is 2.35 bits per heavy atom. The van der Waals surface area contributed by atoms with Gasteiger partial charge in [-0.1, -0.05) is 37.2 Å². The fourth-order valence-electron chi connectivity index (χ4n) is 2.49. The van der Waals surface area contributed by atoms with Crippen LogP contribution < -0.4 is 10.6 Å². The number of rotatable bonds is 5. The van der Waals surface area contributed by atoms with Crippen molar-refractivity contribution < 1.29 is 10.0 Å². The summed E-state index contributed by atoms with van der Waals surface area (Å²) in [6.45, 7) is 5.68. The van der Waals surface area contributed by atoms with Crippen LogP contribution in [0, 0.1) is 12.3 Å². The number of anilines is 1. The van der Waals surface area contributed by atoms with Crippen LogP contribution in [0.5, 0.6) is 0 Å². The van der Waals surface area contributed by atoms with Crippen molar-refractivity contribution in [2.75, 3.05) is 11.9 Å². The third-order valence-corrected chi connectivity index (χ3v) is 4.00. The summed E-state index contributed by atoms with van der Waals surface area (Å²) in [6.07, 6.45) is 0.961. The number of hydrogen-bond donors (Lipinski definition) is 2. The summed E-state index contributed by atoms with van der Waals surface area (Å²) in [5.41, 5.74) is 6.65. The molecule has 1 aromatic carbocycles. The van der Waals surface area contributed by atoms with Gasteiger partial charge in [-0.15, -0.1) is 0 Å². The molecule has 1 rings (SSSR count). The smallest absolute Gasteiger partial charge is 0.240 e. The quantitative estimate of drug-likeness (QED) is 0.375. The zero-order chi connectivity index (χ0) is 15.3. The lowest BCUT2D eigenvalue weighted by molar-refractivity contribution is -0.125. The molecule has 0 spiro atoms. The number of carbonyl (C=O) groups excluding carboxylic acids is 1. The molecule has 20 heavy (non-hydrogen) atoms. The maximum absolute atomic E-state index is 12.8. The van der Waals surface area contributed by atoms with E-state index in [2.05, 4.69) is 5.16 Å². The van der Waals surface area contributed by atoms with E-state index in [-0.39, 0.29) is 11.7 Å². The SMILES string of the molecule is CCC(CC)(C(=O)N(C)c1ccccc1C)C(N)=NO. The highest BCUT2D eigenvalue weighted by Gasteiger charge is 2.42. The van der Waals surface area contributed by atoms with E-state index >= 15 is 0 Å². The van der Waals surface area contributed by atoms with Crippen LogP contribution in [0.3, 0.4) is 0 Å². The highest BCUT2D eigenvalue weighted by molar-refractivity contribution is 6.12. The Hall–Kier alpha value is -2.04. The Morgan fingerprint density at radius 2 is 1.90 bits per heavy atom. The number of amides is 1. The Labute approximate surface area is 120 Å². The minimum atomic E-state index is -0.966. The number of para-hydroxylation sites is 1. The van der Waals surface area contributed by atoms with Crippen LogP contribution in [-0.4, -0.2) is 24.0 Å². The largest absolute Gasteiger partial charge is 0.409 e. The van der Waals surface area contributed by atoms with Crippen molar-refractivity contribution in [3.05, 3.63) is 29.8 Å². The van der Waals surface area contributed by atoms with Gasteiger partial charge < -0.3 is 15.8 Å². The molecular weight excluding hydrogens is 254 g/mol. The predicted octanol–water partition coefficient (Wildman–Crippen LogP) is 2.51. The zero-order valence-electron chi connectivity index (χ0n) is 12.6. The fraction of sp³-hybridized carbons (Fsp3) is 0.467. The third kappa shape index (κ3) is 2.61. The lowest BCUT2D eigenvalue weighted by Gasteiger charge is -2.33. The minimum Gasteiger partial charge on any atom is -0.409 e. The van der Waals surface area contributed by atoms with Crippen molar-refractivity contribution in [1.82, 2.24) is 0 Å². The van der Waals surface area contributed by atoms with Gasteiger partial charge in [-0.3, -0.25) is 4.79 Å². The summed E-state index contributed by atoms with van der Waals surface area (Å²) in [5, 5.41) is 12.0. The van der Waals surface area contributed by atoms with Crippen LogP contribution in [0.25, 0.3) is 0 Å². The second-order valence-corrected chi connectivity index (χ2v) is 4.93. The van der Waals surface area contributed by atoms with E-state index in [1.54, 1.807) is 11.9 Å². The number of aryl methyl sites for hydroxylation is 1. The summed E-state index contributed by atoms with van der Waals surface area (Å²) < 4.78 is 0. The first-order valence-electron chi connectivity index (χ1n) is 6.76. The van der Waals surface area contributed by atoms with Gasteiger partial charge in [0, 0.05) is 12.7 Å². The molecule has 1 amide bonds. The molecule has 5 nitrogen and oxygen atoms in total. The molecule has 0 saturated carbocycles. The molecule has 0 aliphatic carbocycles. The van der Waals surface area contributed by atoms with Crippen molar-refractivity contribution in [3.63, 3.8) is 0 Å². The Balaban J connectivity index is 3.24. The van der Waals surface area contributed by atoms with E-state index in [4.69, 9.17) is 10.9 Å². The second kappa shape index (κ2) is 6.41. The van der Waals surface area contributed by atoms with E-state index in [9.17, 15) is 4.79 Å². The van der Waals surface area contributed by atoms with Gasteiger partial charge in [0.15, 0.2) is 5.84 Å². The molecule has 0 atom stereocenters. The van der Waals surface area contributed by atoms with Crippen LogP contribution in [0.2, 0.25) is 0 Å². The number of nitrogens with zero attached hydrogens (tertiary/aromatic N) is 2. The molecule has 5 heteroatoms. The van der Waals surface area contributed by atoms with E-state index in [0.717, 1.165) is 11.3 Å². The van der Waals surface area contributed by atoms with Crippen molar-refractivity contribution in [2.45, 2.75) is 33.6 Å². The number of hydrogen-bond acceptors (Lipinski definition) is 3. The lowest BCUT2D eigenvalue weighted by atomic mass is 9.79. The van der Waals surface area contributed by atoms with Gasteiger partial charge in [-0.25, -0.2) is 0 Å². The average Bonchev–Trinajstić information content (AvgIpc) is 2.48. The minimum absolute atomic E-state index is 0.0343. The first-order valence-corrected chi connectivity index (χ1v) is 6.76. The van der Waals surface area contributed by atoms with Crippen LogP contribution in [-0.2, 0) is 4.79 Å². The van der Waals surface area contributed by atoms with E-state index in [1.807, 2.05) is 45.0 Å². The Morgan fingerprint density at radius 1 is 1.35 bits per heavy atom. The first kappa shape index (κ1) is 16.0. The third-order valence-electron chi connectivity index (χ3n) is 4.00. The summed E-state index contributed by atoms with van der Waals surface area (Å²) >= 11 is 0. The van der Waals surface area contributed by atoms with Gasteiger partial charge in [0.1, 0.15) is 5.41 Å². The molecule has 0 fully saturated rings. The lowest BCUT2D eigenvalue weighted by Crippen LogP contribution is -2.50. The molecule has 0 saturated heterocycles. The molecule has 0 aliphatic heterocycles. The topological polar surface area (TPSA) is 78.9 Å². The van der Waals surface area contributed by atoms with Gasteiger partial charge in [0.25, 0.3) is 0 Å². The van der Waals surface area contributed by atoms with Crippen LogP contribution in [0.4, 0.5) is 5.69 Å². The maximum atomic E-state index is 12.8. The number of amidine groups is 1. The van der Waals surface area contributed by atoms with E-state index in [0.29, 0.717) is 12.8 Å². The number of oxime groups is 1. The first-order chi connectivity index (χ1) is 9.44. The zero-order valence-corrected chi connectivity index (χ0v) is 12.6. The van der Waals surface area contributed by atoms with Gasteiger partial charge in [0.05, 0.1) is 0 Å². The molecule has 0 heterocycles.